The predicted molar refractivity (Wildman–Crippen MR) is 174 cm³/mol. The highest BCUT2D eigenvalue weighted by Crippen LogP contribution is 2.44. The van der Waals surface area contributed by atoms with Crippen molar-refractivity contribution in [2.24, 2.45) is 5.92 Å². The lowest BCUT2D eigenvalue weighted by atomic mass is 9.89. The van der Waals surface area contributed by atoms with Gasteiger partial charge in [0.05, 0.1) is 52.5 Å². The standard InChI is InChI=1S/C35H41Cl2NO7/c1-6-28(21-43-20-23-10-15-29(41-4)30(16-23)42-5)38-33(24-11-13-26(36)14-12-24)34(25-8-7-9-27(37)17-25)45-31(35(38)40)18-32(39)44-19-22(2)3/h7-17,22,28,31,33-34H,6,18-21H2,1-5H3. The molecule has 4 rings (SSSR count). The minimum absolute atomic E-state index is 0.161. The number of esters is 1. The van der Waals surface area contributed by atoms with E-state index in [9.17, 15) is 9.59 Å². The number of amides is 1. The summed E-state index contributed by atoms with van der Waals surface area (Å²) in [6, 6.07) is 19.4. The number of hydrogen-bond donors (Lipinski definition) is 0. The van der Waals surface area contributed by atoms with Gasteiger partial charge in [0.2, 0.25) is 0 Å². The molecule has 1 fully saturated rings. The molecule has 0 aliphatic carbocycles. The SMILES string of the molecule is CCC(COCc1ccc(OC)c(OC)c1)N1C(=O)C(CC(=O)OCC(C)C)OC(c2cccc(Cl)c2)C1c1ccc(Cl)cc1. The number of halogens is 2. The summed E-state index contributed by atoms with van der Waals surface area (Å²) in [5.41, 5.74) is 2.51. The van der Waals surface area contributed by atoms with E-state index in [0.29, 0.717) is 34.6 Å². The van der Waals surface area contributed by atoms with E-state index in [4.69, 9.17) is 46.9 Å². The Kier molecular flexibility index (Phi) is 12.5. The molecule has 242 valence electrons. The Balaban J connectivity index is 1.69. The molecule has 45 heavy (non-hydrogen) atoms. The van der Waals surface area contributed by atoms with Crippen LogP contribution in [0.3, 0.4) is 0 Å². The van der Waals surface area contributed by atoms with Crippen LogP contribution in [-0.2, 0) is 30.4 Å². The molecular weight excluding hydrogens is 617 g/mol. The Morgan fingerprint density at radius 3 is 2.29 bits per heavy atom. The fraction of sp³-hybridized carbons (Fsp3) is 0.429. The molecule has 0 N–H and O–H groups in total. The van der Waals surface area contributed by atoms with Crippen molar-refractivity contribution in [3.05, 3.63) is 93.5 Å². The van der Waals surface area contributed by atoms with Gasteiger partial charge in [-0.3, -0.25) is 9.59 Å². The fourth-order valence-corrected chi connectivity index (χ4v) is 5.71. The van der Waals surface area contributed by atoms with Gasteiger partial charge in [-0.05, 0) is 65.4 Å². The van der Waals surface area contributed by atoms with E-state index in [1.165, 1.54) is 0 Å². The largest absolute Gasteiger partial charge is 0.493 e. The third-order valence-corrected chi connectivity index (χ3v) is 8.12. The first-order valence-electron chi connectivity index (χ1n) is 15.1. The Bertz CT molecular complexity index is 1430. The van der Waals surface area contributed by atoms with Crippen LogP contribution in [-0.4, -0.2) is 56.4 Å². The summed E-state index contributed by atoms with van der Waals surface area (Å²) in [4.78, 5) is 29.0. The number of benzene rings is 3. The van der Waals surface area contributed by atoms with Crippen molar-refractivity contribution in [2.75, 3.05) is 27.4 Å². The number of nitrogens with zero attached hydrogens (tertiary/aromatic N) is 1. The second kappa shape index (κ2) is 16.3. The van der Waals surface area contributed by atoms with Crippen molar-refractivity contribution < 1.29 is 33.3 Å². The van der Waals surface area contributed by atoms with Gasteiger partial charge in [-0.15, -0.1) is 0 Å². The lowest BCUT2D eigenvalue weighted by Crippen LogP contribution is -2.56. The van der Waals surface area contributed by atoms with E-state index in [1.807, 2.05) is 74.2 Å². The minimum Gasteiger partial charge on any atom is -0.493 e. The van der Waals surface area contributed by atoms with Gasteiger partial charge in [-0.25, -0.2) is 0 Å². The molecule has 1 amide bonds. The van der Waals surface area contributed by atoms with Crippen molar-refractivity contribution in [3.63, 3.8) is 0 Å². The average molecular weight is 659 g/mol. The van der Waals surface area contributed by atoms with Crippen LogP contribution >= 0.6 is 23.2 Å². The van der Waals surface area contributed by atoms with Gasteiger partial charge in [-0.1, -0.05) is 74.3 Å². The summed E-state index contributed by atoms with van der Waals surface area (Å²) >= 11 is 12.7. The summed E-state index contributed by atoms with van der Waals surface area (Å²) < 4.78 is 29.0. The first kappa shape index (κ1) is 34.6. The van der Waals surface area contributed by atoms with E-state index < -0.39 is 24.2 Å². The van der Waals surface area contributed by atoms with E-state index in [0.717, 1.165) is 16.7 Å². The first-order chi connectivity index (χ1) is 21.6. The smallest absolute Gasteiger partial charge is 0.308 e. The van der Waals surface area contributed by atoms with Gasteiger partial charge in [0, 0.05) is 10.0 Å². The molecule has 1 saturated heterocycles. The number of methoxy groups -OCH3 is 2. The molecule has 1 aliphatic heterocycles. The monoisotopic (exact) mass is 657 g/mol. The van der Waals surface area contributed by atoms with Crippen LogP contribution in [0.5, 0.6) is 11.5 Å². The van der Waals surface area contributed by atoms with Gasteiger partial charge >= 0.3 is 5.97 Å². The summed E-state index contributed by atoms with van der Waals surface area (Å²) in [6.45, 7) is 6.72. The maximum atomic E-state index is 14.3. The number of hydrogen-bond acceptors (Lipinski definition) is 7. The number of carbonyl (C=O) groups excluding carboxylic acids is 2. The molecule has 0 radical (unpaired) electrons. The molecule has 3 aromatic carbocycles. The van der Waals surface area contributed by atoms with Crippen LogP contribution < -0.4 is 9.47 Å². The molecule has 4 unspecified atom stereocenters. The van der Waals surface area contributed by atoms with Crippen molar-refractivity contribution in [2.45, 2.75) is 64.5 Å². The summed E-state index contributed by atoms with van der Waals surface area (Å²) in [7, 11) is 3.17. The highest BCUT2D eigenvalue weighted by Gasteiger charge is 2.47. The van der Waals surface area contributed by atoms with Gasteiger partial charge < -0.3 is 28.6 Å². The Morgan fingerprint density at radius 2 is 1.64 bits per heavy atom. The molecule has 10 heteroatoms. The molecule has 0 spiro atoms. The van der Waals surface area contributed by atoms with E-state index >= 15 is 0 Å². The van der Waals surface area contributed by atoms with Crippen LogP contribution in [0.4, 0.5) is 0 Å². The van der Waals surface area contributed by atoms with Gasteiger partial charge in [-0.2, -0.15) is 0 Å². The molecule has 0 bridgehead atoms. The minimum atomic E-state index is -1.06. The van der Waals surface area contributed by atoms with E-state index in [-0.39, 0.29) is 37.5 Å². The number of rotatable bonds is 14. The molecule has 0 saturated carbocycles. The molecule has 1 heterocycles. The molecule has 1 aliphatic rings. The van der Waals surface area contributed by atoms with Crippen molar-refractivity contribution in [1.29, 1.82) is 0 Å². The zero-order valence-electron chi connectivity index (χ0n) is 26.3. The Labute approximate surface area is 275 Å². The van der Waals surface area contributed by atoms with Crippen molar-refractivity contribution >= 4 is 35.1 Å². The second-order valence-corrected chi connectivity index (χ2v) is 12.3. The molecule has 0 aromatic heterocycles. The summed E-state index contributed by atoms with van der Waals surface area (Å²) in [6.07, 6.45) is -1.31. The van der Waals surface area contributed by atoms with Crippen molar-refractivity contribution in [1.82, 2.24) is 4.90 Å². The summed E-state index contributed by atoms with van der Waals surface area (Å²) in [5.74, 6) is 0.593. The van der Waals surface area contributed by atoms with Crippen LogP contribution in [0.15, 0.2) is 66.7 Å². The Hall–Kier alpha value is -3.30. The first-order valence-corrected chi connectivity index (χ1v) is 15.8. The van der Waals surface area contributed by atoms with E-state index in [2.05, 4.69) is 0 Å². The maximum absolute atomic E-state index is 14.3. The lowest BCUT2D eigenvalue weighted by molar-refractivity contribution is -0.186. The van der Waals surface area contributed by atoms with Gasteiger partial charge in [0.15, 0.2) is 11.5 Å². The fourth-order valence-electron chi connectivity index (χ4n) is 5.39. The van der Waals surface area contributed by atoms with Gasteiger partial charge in [0.25, 0.3) is 5.91 Å². The number of ether oxygens (including phenoxy) is 5. The molecular formula is C35H41Cl2NO7. The van der Waals surface area contributed by atoms with Crippen LogP contribution in [0.1, 0.15) is 62.4 Å². The highest BCUT2D eigenvalue weighted by atomic mass is 35.5. The third-order valence-electron chi connectivity index (χ3n) is 7.64. The average Bonchev–Trinajstić information content (AvgIpc) is 3.03. The van der Waals surface area contributed by atoms with Crippen LogP contribution in [0.2, 0.25) is 10.0 Å². The quantitative estimate of drug-likeness (QED) is 0.165. The van der Waals surface area contributed by atoms with Crippen LogP contribution in [0.25, 0.3) is 0 Å². The Morgan fingerprint density at radius 1 is 0.911 bits per heavy atom. The predicted octanol–water partition coefficient (Wildman–Crippen LogP) is 7.61. The lowest BCUT2D eigenvalue weighted by Gasteiger charge is -2.48. The zero-order chi connectivity index (χ0) is 32.5. The highest BCUT2D eigenvalue weighted by molar-refractivity contribution is 6.30. The number of carbonyl (C=O) groups is 2. The van der Waals surface area contributed by atoms with Gasteiger partial charge in [0.1, 0.15) is 12.2 Å². The van der Waals surface area contributed by atoms with Crippen LogP contribution in [0, 0.1) is 5.92 Å². The maximum Gasteiger partial charge on any atom is 0.308 e. The van der Waals surface area contributed by atoms with Crippen molar-refractivity contribution in [3.8, 4) is 11.5 Å². The summed E-state index contributed by atoms with van der Waals surface area (Å²) in [5, 5.41) is 1.11. The van der Waals surface area contributed by atoms with E-state index in [1.54, 1.807) is 32.4 Å². The molecule has 4 atom stereocenters. The normalized spacial score (nSPS) is 19.0. The topological polar surface area (TPSA) is 83.5 Å². The molecule has 8 nitrogen and oxygen atoms in total. The zero-order valence-corrected chi connectivity index (χ0v) is 27.8. The molecule has 3 aromatic rings. The number of morpholine rings is 1. The third kappa shape index (κ3) is 8.91. The second-order valence-electron chi connectivity index (χ2n) is 11.4.